The Morgan fingerprint density at radius 2 is 1.97 bits per heavy atom. The zero-order valence-electron chi connectivity index (χ0n) is 17.5. The molecule has 12 heteroatoms. The minimum atomic E-state index is -4.60. The highest BCUT2D eigenvalue weighted by atomic mass is 32.1. The highest BCUT2D eigenvalue weighted by Crippen LogP contribution is 2.44. The van der Waals surface area contributed by atoms with Crippen molar-refractivity contribution >= 4 is 34.7 Å². The smallest absolute Gasteiger partial charge is 0.383 e. The van der Waals surface area contributed by atoms with E-state index < -0.39 is 23.5 Å². The van der Waals surface area contributed by atoms with E-state index >= 15 is 0 Å². The third-order valence-corrected chi connectivity index (χ3v) is 6.34. The number of halogens is 3. The molecule has 1 saturated carbocycles. The first-order valence-electron chi connectivity index (χ1n) is 10.2. The lowest BCUT2D eigenvalue weighted by Crippen LogP contribution is -2.33. The number of aliphatic hydroxyl groups is 1. The second-order valence-corrected chi connectivity index (χ2v) is 8.62. The Balaban J connectivity index is 1.67. The van der Waals surface area contributed by atoms with Crippen molar-refractivity contribution in [3.63, 3.8) is 0 Å². The number of amides is 2. The molecule has 1 aromatic carbocycles. The van der Waals surface area contributed by atoms with Crippen LogP contribution in [0, 0.1) is 0 Å². The topological polar surface area (TPSA) is 112 Å². The molecule has 3 aromatic rings. The summed E-state index contributed by atoms with van der Waals surface area (Å²) < 4.78 is 39.0. The van der Waals surface area contributed by atoms with Crippen LogP contribution in [0.25, 0.3) is 10.4 Å². The molecular formula is C21H21F3N6O2S. The molecule has 2 amide bonds. The third-order valence-electron chi connectivity index (χ3n) is 5.10. The number of nitrogens with one attached hydrogen (secondary N) is 3. The second-order valence-electron chi connectivity index (χ2n) is 7.59. The van der Waals surface area contributed by atoms with Gasteiger partial charge in [0.2, 0.25) is 5.95 Å². The molecule has 0 saturated heterocycles. The number of nitrogens with zero attached hydrogens (tertiary/aromatic N) is 3. The summed E-state index contributed by atoms with van der Waals surface area (Å²) in [6.45, 7) is 2.20. The highest BCUT2D eigenvalue weighted by molar-refractivity contribution is 7.15. The molecule has 0 spiro atoms. The third kappa shape index (κ3) is 5.22. The predicted molar refractivity (Wildman–Crippen MR) is 118 cm³/mol. The fourth-order valence-electron chi connectivity index (χ4n) is 3.30. The Kier molecular flexibility index (Phi) is 6.21. The number of urea groups is 1. The molecule has 2 aromatic heterocycles. The van der Waals surface area contributed by atoms with E-state index in [1.165, 1.54) is 11.3 Å². The minimum Gasteiger partial charge on any atom is -0.383 e. The average Bonchev–Trinajstić information content (AvgIpc) is 3.22. The summed E-state index contributed by atoms with van der Waals surface area (Å²) in [4.78, 5) is 24.5. The van der Waals surface area contributed by atoms with Crippen LogP contribution in [0.5, 0.6) is 0 Å². The van der Waals surface area contributed by atoms with Gasteiger partial charge in [-0.05, 0) is 56.0 Å². The normalized spacial score (nSPS) is 14.9. The van der Waals surface area contributed by atoms with E-state index in [1.54, 1.807) is 31.3 Å². The quantitative estimate of drug-likeness (QED) is 0.402. The summed E-state index contributed by atoms with van der Waals surface area (Å²) >= 11 is 1.33. The number of alkyl halides is 3. The van der Waals surface area contributed by atoms with Crippen molar-refractivity contribution in [2.24, 2.45) is 0 Å². The zero-order valence-corrected chi connectivity index (χ0v) is 18.3. The number of aromatic nitrogens is 3. The van der Waals surface area contributed by atoms with Gasteiger partial charge in [-0.25, -0.2) is 19.7 Å². The fraction of sp³-hybridized carbons (Fsp3) is 0.333. The van der Waals surface area contributed by atoms with Gasteiger partial charge in [0.1, 0.15) is 16.3 Å². The van der Waals surface area contributed by atoms with Gasteiger partial charge in [0, 0.05) is 30.3 Å². The number of benzene rings is 1. The number of carbonyl (C=O) groups is 1. The lowest BCUT2D eigenvalue weighted by molar-refractivity contribution is -0.141. The summed E-state index contributed by atoms with van der Waals surface area (Å²) in [5.74, 6) is -0.236. The van der Waals surface area contributed by atoms with E-state index in [4.69, 9.17) is 0 Å². The number of hydrogen-bond donors (Lipinski definition) is 4. The molecule has 0 unspecified atom stereocenters. The van der Waals surface area contributed by atoms with Gasteiger partial charge >= 0.3 is 12.2 Å². The van der Waals surface area contributed by atoms with Gasteiger partial charge in [0.25, 0.3) is 0 Å². The van der Waals surface area contributed by atoms with Crippen molar-refractivity contribution in [1.29, 1.82) is 0 Å². The molecular weight excluding hydrogens is 457 g/mol. The number of anilines is 3. The van der Waals surface area contributed by atoms with Gasteiger partial charge in [-0.15, -0.1) is 11.3 Å². The van der Waals surface area contributed by atoms with Crippen LogP contribution in [0.3, 0.4) is 0 Å². The van der Waals surface area contributed by atoms with E-state index in [2.05, 4.69) is 30.9 Å². The average molecular weight is 479 g/mol. The van der Waals surface area contributed by atoms with Gasteiger partial charge in [-0.2, -0.15) is 13.2 Å². The summed E-state index contributed by atoms with van der Waals surface area (Å²) in [5.41, 5.74) is -0.545. The molecule has 1 aliphatic carbocycles. The van der Waals surface area contributed by atoms with Gasteiger partial charge < -0.3 is 21.1 Å². The predicted octanol–water partition coefficient (Wildman–Crippen LogP) is 4.88. The van der Waals surface area contributed by atoms with Gasteiger partial charge in [0.15, 0.2) is 0 Å². The maximum atomic E-state index is 13.0. The van der Waals surface area contributed by atoms with Gasteiger partial charge in [-0.3, -0.25) is 0 Å². The van der Waals surface area contributed by atoms with Crippen molar-refractivity contribution < 1.29 is 23.1 Å². The maximum absolute atomic E-state index is 13.0. The first-order valence-corrected chi connectivity index (χ1v) is 11.0. The Bertz CT molecular complexity index is 1160. The van der Waals surface area contributed by atoms with Crippen molar-refractivity contribution in [2.75, 3.05) is 17.2 Å². The molecule has 1 aliphatic rings. The van der Waals surface area contributed by atoms with Crippen molar-refractivity contribution in [1.82, 2.24) is 20.3 Å². The fourth-order valence-corrected chi connectivity index (χ4v) is 4.35. The number of thiazole rings is 1. The van der Waals surface area contributed by atoms with Crippen molar-refractivity contribution in [3.8, 4) is 10.4 Å². The Hall–Kier alpha value is -3.25. The van der Waals surface area contributed by atoms with E-state index in [1.807, 2.05) is 0 Å². The molecule has 4 N–H and O–H groups in total. The van der Waals surface area contributed by atoms with Crippen LogP contribution in [0.15, 0.2) is 36.7 Å². The lowest BCUT2D eigenvalue weighted by atomic mass is 9.81. The first kappa shape index (κ1) is 22.9. The molecule has 0 radical (unpaired) electrons. The van der Waals surface area contributed by atoms with Crippen LogP contribution < -0.4 is 16.0 Å². The maximum Gasteiger partial charge on any atom is 0.433 e. The standard InChI is InChI=1S/C21H21F3N6O2S/c1-2-25-19(31)29-14-9-12(15-11-27-17(33-15)20(32)5-3-6-20)8-13(10-14)28-18-26-7-4-16(30-18)21(22,23)24/h4,7-11,32H,2-3,5-6H2,1H3,(H2,25,29,31)(H,26,28,30). The first-order chi connectivity index (χ1) is 15.7. The lowest BCUT2D eigenvalue weighted by Gasteiger charge is -2.34. The molecule has 174 valence electrons. The summed E-state index contributed by atoms with van der Waals surface area (Å²) in [5, 5.41) is 19.3. The van der Waals surface area contributed by atoms with Crippen LogP contribution in [0.4, 0.5) is 35.3 Å². The second kappa shape index (κ2) is 8.94. The van der Waals surface area contributed by atoms with Crippen LogP contribution in [-0.4, -0.2) is 32.6 Å². The minimum absolute atomic E-state index is 0.236. The molecule has 0 bridgehead atoms. The van der Waals surface area contributed by atoms with E-state index in [0.29, 0.717) is 41.3 Å². The number of carbonyl (C=O) groups excluding carboxylic acids is 1. The number of hydrogen-bond acceptors (Lipinski definition) is 7. The Morgan fingerprint density at radius 3 is 2.64 bits per heavy atom. The van der Waals surface area contributed by atoms with Crippen molar-refractivity contribution in [2.45, 2.75) is 38.0 Å². The Labute approximate surface area is 191 Å². The molecule has 33 heavy (non-hydrogen) atoms. The van der Waals surface area contributed by atoms with Crippen LogP contribution >= 0.6 is 11.3 Å². The van der Waals surface area contributed by atoms with Gasteiger partial charge in [-0.1, -0.05) is 0 Å². The van der Waals surface area contributed by atoms with Crippen LogP contribution in [-0.2, 0) is 11.8 Å². The molecule has 1 fully saturated rings. The summed E-state index contributed by atoms with van der Waals surface area (Å²) in [7, 11) is 0. The Morgan fingerprint density at radius 1 is 1.21 bits per heavy atom. The van der Waals surface area contributed by atoms with Crippen LogP contribution in [0.2, 0.25) is 0 Å². The largest absolute Gasteiger partial charge is 0.433 e. The molecule has 0 atom stereocenters. The molecule has 2 heterocycles. The number of rotatable bonds is 6. The summed E-state index contributed by atoms with van der Waals surface area (Å²) in [6.07, 6.45) is 0.281. The molecule has 8 nitrogen and oxygen atoms in total. The van der Waals surface area contributed by atoms with E-state index in [0.717, 1.165) is 23.6 Å². The van der Waals surface area contributed by atoms with Crippen LogP contribution in [0.1, 0.15) is 36.9 Å². The summed E-state index contributed by atoms with van der Waals surface area (Å²) in [6, 6.07) is 5.33. The van der Waals surface area contributed by atoms with Gasteiger partial charge in [0.05, 0.1) is 4.88 Å². The van der Waals surface area contributed by atoms with E-state index in [9.17, 15) is 23.1 Å². The highest BCUT2D eigenvalue weighted by Gasteiger charge is 2.39. The molecule has 4 rings (SSSR count). The molecule has 0 aliphatic heterocycles. The SMILES string of the molecule is CCNC(=O)Nc1cc(Nc2nccc(C(F)(F)F)n2)cc(-c2cnc(C3(O)CCC3)s2)c1. The van der Waals surface area contributed by atoms with E-state index in [-0.39, 0.29) is 5.95 Å². The van der Waals surface area contributed by atoms with Crippen molar-refractivity contribution in [3.05, 3.63) is 47.4 Å². The zero-order chi connectivity index (χ0) is 23.6. The monoisotopic (exact) mass is 478 g/mol.